The summed E-state index contributed by atoms with van der Waals surface area (Å²) in [4.78, 5) is 11.1. The van der Waals surface area contributed by atoms with Crippen molar-refractivity contribution in [3.05, 3.63) is 23.8 Å². The molecule has 54 valence electrons. The van der Waals surface area contributed by atoms with Gasteiger partial charge < -0.3 is 0 Å². The van der Waals surface area contributed by atoms with Crippen molar-refractivity contribution in [3.8, 4) is 0 Å². The van der Waals surface area contributed by atoms with Crippen LogP contribution < -0.4 is 0 Å². The van der Waals surface area contributed by atoms with Crippen LogP contribution >= 0.6 is 15.9 Å². The van der Waals surface area contributed by atoms with E-state index in [-0.39, 0.29) is 5.78 Å². The normalized spacial score (nSPS) is 15.5. The summed E-state index contributed by atoms with van der Waals surface area (Å²) in [5.41, 5.74) is 0.944. The lowest BCUT2D eigenvalue weighted by Crippen LogP contribution is -2.00. The largest absolute Gasteiger partial charge is 0.295 e. The van der Waals surface area contributed by atoms with Crippen molar-refractivity contribution in [2.24, 2.45) is 0 Å². The van der Waals surface area contributed by atoms with E-state index in [2.05, 4.69) is 15.9 Å². The first-order valence-electron chi connectivity index (χ1n) is 3.29. The summed E-state index contributed by atoms with van der Waals surface area (Å²) in [6.45, 7) is 0. The Kier molecular flexibility index (Phi) is 2.87. The molecule has 1 rings (SSSR count). The number of carbonyl (C=O) groups is 1. The van der Waals surface area contributed by atoms with Crippen LogP contribution in [0, 0.1) is 0 Å². The van der Waals surface area contributed by atoms with Crippen molar-refractivity contribution in [3.63, 3.8) is 0 Å². The molecule has 0 aliphatic heterocycles. The molecule has 1 aliphatic carbocycles. The molecule has 1 aliphatic rings. The zero-order valence-corrected chi connectivity index (χ0v) is 7.23. The second-order valence-electron chi connectivity index (χ2n) is 2.19. The van der Waals surface area contributed by atoms with E-state index in [1.54, 1.807) is 0 Å². The van der Waals surface area contributed by atoms with Crippen LogP contribution in [-0.4, -0.2) is 11.1 Å². The second-order valence-corrected chi connectivity index (χ2v) is 2.98. The predicted molar refractivity (Wildman–Crippen MR) is 45.3 cm³/mol. The Morgan fingerprint density at radius 1 is 1.70 bits per heavy atom. The lowest BCUT2D eigenvalue weighted by Gasteiger charge is -1.95. The lowest BCUT2D eigenvalue weighted by atomic mass is 10.1. The molecule has 10 heavy (non-hydrogen) atoms. The highest BCUT2D eigenvalue weighted by molar-refractivity contribution is 9.09. The maximum atomic E-state index is 11.1. The van der Waals surface area contributed by atoms with Crippen molar-refractivity contribution in [2.45, 2.75) is 12.8 Å². The fourth-order valence-electron chi connectivity index (χ4n) is 0.900. The molecule has 0 amide bonds. The van der Waals surface area contributed by atoms with E-state index in [4.69, 9.17) is 0 Å². The summed E-state index contributed by atoms with van der Waals surface area (Å²) in [5, 5.41) is 0.767. The van der Waals surface area contributed by atoms with Crippen LogP contribution in [-0.2, 0) is 4.79 Å². The van der Waals surface area contributed by atoms with E-state index < -0.39 is 0 Å². The average Bonchev–Trinajstić information content (AvgIpc) is 2.38. The number of alkyl halides is 1. The molecule has 0 spiro atoms. The number of ketones is 1. The first kappa shape index (κ1) is 7.73. The molecule has 0 fully saturated rings. The Morgan fingerprint density at radius 2 is 2.50 bits per heavy atom. The van der Waals surface area contributed by atoms with Crippen LogP contribution in [0.4, 0.5) is 0 Å². The number of rotatable bonds is 3. The molecule has 0 radical (unpaired) electrons. The van der Waals surface area contributed by atoms with Gasteiger partial charge >= 0.3 is 0 Å². The van der Waals surface area contributed by atoms with Gasteiger partial charge in [0.1, 0.15) is 0 Å². The van der Waals surface area contributed by atoms with Gasteiger partial charge in [-0.3, -0.25) is 4.79 Å². The van der Waals surface area contributed by atoms with Crippen LogP contribution in [0.15, 0.2) is 23.8 Å². The number of halogens is 1. The minimum atomic E-state index is 0.266. The van der Waals surface area contributed by atoms with E-state index in [0.717, 1.165) is 17.3 Å². The molecule has 0 N–H and O–H groups in total. The number of Topliss-reactive ketones (excluding diaryl/α,β-unsaturated/α-hetero) is 1. The molecule has 0 aromatic carbocycles. The van der Waals surface area contributed by atoms with Crippen molar-refractivity contribution in [1.29, 1.82) is 0 Å². The standard InChI is InChI=1S/C8H9BrO/c9-6-5-8(10)7-3-1-2-4-7/h1-3H,4-6H2. The van der Waals surface area contributed by atoms with Gasteiger partial charge in [0, 0.05) is 11.8 Å². The van der Waals surface area contributed by atoms with E-state index in [1.807, 2.05) is 18.2 Å². The van der Waals surface area contributed by atoms with Gasteiger partial charge in [-0.05, 0) is 12.0 Å². The molecule has 0 bridgehead atoms. The number of allylic oxidation sites excluding steroid dienone is 4. The van der Waals surface area contributed by atoms with Gasteiger partial charge in [0.05, 0.1) is 0 Å². The van der Waals surface area contributed by atoms with Crippen LogP contribution in [0.5, 0.6) is 0 Å². The van der Waals surface area contributed by atoms with Gasteiger partial charge in [-0.15, -0.1) is 0 Å². The van der Waals surface area contributed by atoms with Crippen molar-refractivity contribution in [2.75, 3.05) is 5.33 Å². The fourth-order valence-corrected chi connectivity index (χ4v) is 1.26. The highest BCUT2D eigenvalue weighted by Gasteiger charge is 2.07. The summed E-state index contributed by atoms with van der Waals surface area (Å²) < 4.78 is 0. The smallest absolute Gasteiger partial charge is 0.160 e. The number of hydrogen-bond acceptors (Lipinski definition) is 1. The third-order valence-corrected chi connectivity index (χ3v) is 1.85. The Hall–Kier alpha value is -0.370. The lowest BCUT2D eigenvalue weighted by molar-refractivity contribution is -0.115. The zero-order chi connectivity index (χ0) is 7.40. The Morgan fingerprint density at radius 3 is 3.00 bits per heavy atom. The summed E-state index contributed by atoms with van der Waals surface area (Å²) in [7, 11) is 0. The van der Waals surface area contributed by atoms with E-state index in [0.29, 0.717) is 6.42 Å². The summed E-state index contributed by atoms with van der Waals surface area (Å²) in [5.74, 6) is 0.266. The minimum absolute atomic E-state index is 0.266. The third kappa shape index (κ3) is 1.81. The van der Waals surface area contributed by atoms with Gasteiger partial charge in [-0.2, -0.15) is 0 Å². The van der Waals surface area contributed by atoms with Gasteiger partial charge in [0.2, 0.25) is 0 Å². The first-order valence-corrected chi connectivity index (χ1v) is 4.41. The van der Waals surface area contributed by atoms with E-state index in [1.165, 1.54) is 0 Å². The third-order valence-electron chi connectivity index (χ3n) is 1.45. The molecule has 2 heteroatoms. The van der Waals surface area contributed by atoms with Crippen molar-refractivity contribution in [1.82, 2.24) is 0 Å². The van der Waals surface area contributed by atoms with Gasteiger partial charge in [-0.1, -0.05) is 34.2 Å². The van der Waals surface area contributed by atoms with Crippen LogP contribution in [0.1, 0.15) is 12.8 Å². The molecule has 0 saturated carbocycles. The molecule has 1 nitrogen and oxygen atoms in total. The van der Waals surface area contributed by atoms with Gasteiger partial charge in [0.15, 0.2) is 5.78 Å². The molecule has 0 saturated heterocycles. The fraction of sp³-hybridized carbons (Fsp3) is 0.375. The SMILES string of the molecule is O=C(CCBr)C1=CC=CC1. The maximum Gasteiger partial charge on any atom is 0.160 e. The Balaban J connectivity index is 2.43. The molecule has 0 unspecified atom stereocenters. The summed E-state index contributed by atoms with van der Waals surface area (Å²) in [6.07, 6.45) is 7.27. The van der Waals surface area contributed by atoms with Crippen molar-refractivity contribution < 1.29 is 4.79 Å². The van der Waals surface area contributed by atoms with E-state index in [9.17, 15) is 4.79 Å². The number of carbonyl (C=O) groups excluding carboxylic acids is 1. The second kappa shape index (κ2) is 3.71. The summed E-state index contributed by atoms with van der Waals surface area (Å²) in [6, 6.07) is 0. The Bertz CT molecular complexity index is 191. The minimum Gasteiger partial charge on any atom is -0.295 e. The van der Waals surface area contributed by atoms with Crippen LogP contribution in [0.2, 0.25) is 0 Å². The highest BCUT2D eigenvalue weighted by Crippen LogP contribution is 2.13. The topological polar surface area (TPSA) is 17.1 Å². The molecule has 0 heterocycles. The zero-order valence-electron chi connectivity index (χ0n) is 5.64. The quantitative estimate of drug-likeness (QED) is 0.640. The molecular weight excluding hydrogens is 192 g/mol. The predicted octanol–water partition coefficient (Wildman–Crippen LogP) is 2.23. The summed E-state index contributed by atoms with van der Waals surface area (Å²) >= 11 is 3.23. The molecule has 0 aromatic rings. The number of hydrogen-bond donors (Lipinski definition) is 0. The monoisotopic (exact) mass is 200 g/mol. The van der Waals surface area contributed by atoms with Crippen molar-refractivity contribution >= 4 is 21.7 Å². The van der Waals surface area contributed by atoms with E-state index >= 15 is 0 Å². The van der Waals surface area contributed by atoms with Gasteiger partial charge in [-0.25, -0.2) is 0 Å². The molecule has 0 aromatic heterocycles. The Labute approximate surface area is 68.9 Å². The van der Waals surface area contributed by atoms with Crippen LogP contribution in [0.3, 0.4) is 0 Å². The first-order chi connectivity index (χ1) is 4.84. The highest BCUT2D eigenvalue weighted by atomic mass is 79.9. The van der Waals surface area contributed by atoms with Gasteiger partial charge in [0.25, 0.3) is 0 Å². The average molecular weight is 201 g/mol. The molecule has 0 atom stereocenters. The molecular formula is C8H9BrO. The maximum absolute atomic E-state index is 11.1. The van der Waals surface area contributed by atoms with Crippen LogP contribution in [0.25, 0.3) is 0 Å².